The van der Waals surface area contributed by atoms with Crippen molar-refractivity contribution in [3.8, 4) is 5.75 Å². The van der Waals surface area contributed by atoms with E-state index < -0.39 is 0 Å². The molecule has 1 unspecified atom stereocenters. The van der Waals surface area contributed by atoms with Gasteiger partial charge in [0, 0.05) is 0 Å². The number of anilines is 2. The fourth-order valence-corrected chi connectivity index (χ4v) is 2.11. The minimum Gasteiger partial charge on any atom is -0.487 e. The van der Waals surface area contributed by atoms with Gasteiger partial charge in [0.05, 0.1) is 12.6 Å². The molecule has 0 aliphatic heterocycles. The third-order valence-corrected chi connectivity index (χ3v) is 2.93. The van der Waals surface area contributed by atoms with Gasteiger partial charge in [0.25, 0.3) is 0 Å². The molecule has 0 aromatic carbocycles. The largest absolute Gasteiger partial charge is 0.487 e. The van der Waals surface area contributed by atoms with Crippen molar-refractivity contribution >= 4 is 22.4 Å². The number of nitrogens with one attached hydrogen (secondary N) is 2. The Morgan fingerprint density at radius 3 is 3.12 bits per heavy atom. The number of H-pyrrole nitrogens is 1. The van der Waals surface area contributed by atoms with Crippen LogP contribution in [0.2, 0.25) is 0 Å². The van der Waals surface area contributed by atoms with Gasteiger partial charge in [0.2, 0.25) is 0 Å². The maximum Gasteiger partial charge on any atom is 0.197 e. The summed E-state index contributed by atoms with van der Waals surface area (Å²) in [5.74, 6) is 1.76. The van der Waals surface area contributed by atoms with Crippen LogP contribution < -0.4 is 15.8 Å². The lowest BCUT2D eigenvalue weighted by Crippen LogP contribution is -2.08. The van der Waals surface area contributed by atoms with E-state index >= 15 is 0 Å². The summed E-state index contributed by atoms with van der Waals surface area (Å²) in [6.07, 6.45) is 1.47. The molecule has 0 bridgehead atoms. The second-order valence-corrected chi connectivity index (χ2v) is 4.17. The van der Waals surface area contributed by atoms with Crippen LogP contribution in [0.15, 0.2) is 6.33 Å². The number of ether oxygens (including phenoxy) is 1. The Hall–Kier alpha value is -1.83. The average Bonchev–Trinajstić information content (AvgIpc) is 2.93. The molecule has 8 heteroatoms. The van der Waals surface area contributed by atoms with Crippen molar-refractivity contribution in [3.63, 3.8) is 0 Å². The fourth-order valence-electron chi connectivity index (χ4n) is 1.36. The predicted molar refractivity (Wildman–Crippen MR) is 66.1 cm³/mol. The van der Waals surface area contributed by atoms with Crippen LogP contribution in [-0.4, -0.2) is 26.2 Å². The van der Waals surface area contributed by atoms with Gasteiger partial charge in [-0.3, -0.25) is 5.10 Å². The first-order valence-corrected chi connectivity index (χ1v) is 5.99. The van der Waals surface area contributed by atoms with Crippen LogP contribution in [0.1, 0.15) is 25.7 Å². The number of hydrogen-bond donors (Lipinski definition) is 3. The molecule has 0 saturated carbocycles. The Kier molecular flexibility index (Phi) is 3.43. The van der Waals surface area contributed by atoms with Crippen LogP contribution >= 0.6 is 11.5 Å². The summed E-state index contributed by atoms with van der Waals surface area (Å²) in [6.45, 7) is 4.42. The highest BCUT2D eigenvalue weighted by atomic mass is 32.1. The summed E-state index contributed by atoms with van der Waals surface area (Å²) in [7, 11) is 0. The van der Waals surface area contributed by atoms with E-state index in [4.69, 9.17) is 10.5 Å². The van der Waals surface area contributed by atoms with Crippen LogP contribution in [0.3, 0.4) is 0 Å². The van der Waals surface area contributed by atoms with Crippen LogP contribution in [0.5, 0.6) is 5.75 Å². The number of nitrogens with two attached hydrogens (primary N) is 1. The summed E-state index contributed by atoms with van der Waals surface area (Å²) in [6, 6.07) is -0.0171. The maximum atomic E-state index is 5.72. The minimum absolute atomic E-state index is 0.0171. The molecule has 2 heterocycles. The van der Waals surface area contributed by atoms with Crippen LogP contribution in [0, 0.1) is 0 Å². The quantitative estimate of drug-likeness (QED) is 0.745. The van der Waals surface area contributed by atoms with Gasteiger partial charge >= 0.3 is 0 Å². The molecule has 4 N–H and O–H groups in total. The molecule has 0 saturated heterocycles. The van der Waals surface area contributed by atoms with Crippen molar-refractivity contribution in [1.82, 2.24) is 19.6 Å². The number of rotatable bonds is 5. The van der Waals surface area contributed by atoms with E-state index in [9.17, 15) is 0 Å². The zero-order valence-electron chi connectivity index (χ0n) is 9.60. The summed E-state index contributed by atoms with van der Waals surface area (Å²) in [4.78, 5) is 4.08. The van der Waals surface area contributed by atoms with Gasteiger partial charge < -0.3 is 15.8 Å². The number of hydrogen-bond acceptors (Lipinski definition) is 7. The summed E-state index contributed by atoms with van der Waals surface area (Å²) in [5, 5.41) is 10.6. The third-order valence-electron chi connectivity index (χ3n) is 2.15. The smallest absolute Gasteiger partial charge is 0.197 e. The van der Waals surface area contributed by atoms with Gasteiger partial charge in [0.15, 0.2) is 16.6 Å². The molecular weight excluding hydrogens is 240 g/mol. The Morgan fingerprint density at radius 2 is 2.47 bits per heavy atom. The van der Waals surface area contributed by atoms with Gasteiger partial charge in [0.1, 0.15) is 12.2 Å². The lowest BCUT2D eigenvalue weighted by molar-refractivity contribution is 0.344. The van der Waals surface area contributed by atoms with Gasteiger partial charge in [-0.25, -0.2) is 4.98 Å². The van der Waals surface area contributed by atoms with Crippen LogP contribution in [-0.2, 0) is 0 Å². The predicted octanol–water partition coefficient (Wildman–Crippen LogP) is 1.42. The number of aromatic nitrogens is 4. The van der Waals surface area contributed by atoms with Crippen molar-refractivity contribution in [2.24, 2.45) is 0 Å². The zero-order chi connectivity index (χ0) is 12.3. The molecule has 92 valence electrons. The molecular formula is C9H14N6OS. The normalized spacial score (nSPS) is 12.4. The third kappa shape index (κ3) is 2.47. The molecule has 1 atom stereocenters. The molecule has 0 spiro atoms. The van der Waals surface area contributed by atoms with Crippen molar-refractivity contribution in [1.29, 1.82) is 0 Å². The topological polar surface area (TPSA) is 102 Å². The van der Waals surface area contributed by atoms with Crippen molar-refractivity contribution in [3.05, 3.63) is 12.2 Å². The Morgan fingerprint density at radius 1 is 1.65 bits per heavy atom. The lowest BCUT2D eigenvalue weighted by Gasteiger charge is -2.12. The van der Waals surface area contributed by atoms with Crippen molar-refractivity contribution in [2.75, 3.05) is 17.7 Å². The van der Waals surface area contributed by atoms with E-state index in [0.29, 0.717) is 18.2 Å². The van der Waals surface area contributed by atoms with E-state index in [1.165, 1.54) is 17.9 Å². The van der Waals surface area contributed by atoms with Crippen molar-refractivity contribution in [2.45, 2.75) is 19.9 Å². The van der Waals surface area contributed by atoms with E-state index in [1.54, 1.807) is 0 Å². The highest BCUT2D eigenvalue weighted by Crippen LogP contribution is 2.36. The molecule has 2 aromatic heterocycles. The maximum absolute atomic E-state index is 5.72. The molecule has 0 radical (unpaired) electrons. The molecule has 0 aliphatic rings. The number of nitrogen functional groups attached to an aromatic ring is 1. The standard InChI is InChI=1S/C9H14N6OS/c1-3-16-6-7(10)15-17-9(6)13-5(2)8-11-4-12-14-8/h4-5,13H,3H2,1-2H3,(H2,10,15)(H,11,12,14). The second kappa shape index (κ2) is 5.00. The lowest BCUT2D eigenvalue weighted by atomic mass is 10.3. The van der Waals surface area contributed by atoms with Gasteiger partial charge in [-0.05, 0) is 25.4 Å². The van der Waals surface area contributed by atoms with E-state index in [2.05, 4.69) is 24.9 Å². The molecule has 2 aromatic rings. The molecule has 17 heavy (non-hydrogen) atoms. The SMILES string of the molecule is CCOc1c(N)nsc1NC(C)c1ncn[nH]1. The Balaban J connectivity index is 2.13. The van der Waals surface area contributed by atoms with E-state index in [1.807, 2.05) is 13.8 Å². The summed E-state index contributed by atoms with van der Waals surface area (Å²) in [5.41, 5.74) is 5.72. The molecule has 2 rings (SSSR count). The zero-order valence-corrected chi connectivity index (χ0v) is 10.4. The second-order valence-electron chi connectivity index (χ2n) is 3.40. The first-order chi connectivity index (χ1) is 8.22. The minimum atomic E-state index is -0.0171. The Bertz CT molecular complexity index is 468. The number of nitrogens with zero attached hydrogens (tertiary/aromatic N) is 3. The molecule has 0 amide bonds. The van der Waals surface area contributed by atoms with Gasteiger partial charge in [-0.1, -0.05) is 0 Å². The molecule has 0 aliphatic carbocycles. The van der Waals surface area contributed by atoms with Gasteiger partial charge in [-0.2, -0.15) is 9.47 Å². The van der Waals surface area contributed by atoms with E-state index in [-0.39, 0.29) is 6.04 Å². The monoisotopic (exact) mass is 254 g/mol. The molecule has 0 fully saturated rings. The van der Waals surface area contributed by atoms with E-state index in [0.717, 1.165) is 10.8 Å². The highest BCUT2D eigenvalue weighted by Gasteiger charge is 2.16. The average molecular weight is 254 g/mol. The summed E-state index contributed by atoms with van der Waals surface area (Å²) < 4.78 is 9.50. The first kappa shape index (κ1) is 11.6. The van der Waals surface area contributed by atoms with Crippen LogP contribution in [0.4, 0.5) is 10.8 Å². The van der Waals surface area contributed by atoms with Gasteiger partial charge in [-0.15, -0.1) is 0 Å². The summed E-state index contributed by atoms with van der Waals surface area (Å²) >= 11 is 1.27. The first-order valence-electron chi connectivity index (χ1n) is 5.22. The van der Waals surface area contributed by atoms with Crippen molar-refractivity contribution < 1.29 is 4.74 Å². The Labute approximate surface area is 103 Å². The highest BCUT2D eigenvalue weighted by molar-refractivity contribution is 7.11. The molecule has 7 nitrogen and oxygen atoms in total. The number of aromatic amines is 1. The fraction of sp³-hybridized carbons (Fsp3) is 0.444. The van der Waals surface area contributed by atoms with Crippen LogP contribution in [0.25, 0.3) is 0 Å².